The van der Waals surface area contributed by atoms with E-state index in [4.69, 9.17) is 32.7 Å². The molecule has 8 rings (SSSR count). The molecule has 0 saturated carbocycles. The summed E-state index contributed by atoms with van der Waals surface area (Å²) in [5.41, 5.74) is -0.406. The third kappa shape index (κ3) is 7.56. The van der Waals surface area contributed by atoms with Crippen LogP contribution >= 0.6 is 23.2 Å². The minimum Gasteiger partial charge on any atom is -0.506 e. The van der Waals surface area contributed by atoms with Crippen molar-refractivity contribution in [1.82, 2.24) is 0 Å². The molecular formula is C34H22Cl2CrN4NaO10S2+. The Kier molecular flexibility index (Phi) is 12.1. The topological polar surface area (TPSA) is 217 Å². The summed E-state index contributed by atoms with van der Waals surface area (Å²) in [7, 11) is -7.59. The van der Waals surface area contributed by atoms with Gasteiger partial charge in [-0.1, -0.05) is 71.7 Å². The number of sulfone groups is 2. The minimum atomic E-state index is -3.80. The maximum atomic E-state index is 12.4. The van der Waals surface area contributed by atoms with Gasteiger partial charge in [-0.3, -0.25) is 0 Å². The van der Waals surface area contributed by atoms with E-state index in [0.717, 1.165) is 0 Å². The number of hydrogen-bond donors (Lipinski definition) is 4. The molecule has 0 atom stereocenters. The van der Waals surface area contributed by atoms with Gasteiger partial charge in [-0.15, -0.1) is 20.5 Å². The Balaban J connectivity index is 0.000000200. The predicted octanol–water partition coefficient (Wildman–Crippen LogP) is 5.89. The monoisotopic (exact) mass is 855 g/mol. The number of phenols is 4. The molecule has 2 aliphatic rings. The van der Waals surface area contributed by atoms with E-state index in [0.29, 0.717) is 31.6 Å². The van der Waals surface area contributed by atoms with Crippen LogP contribution in [0.5, 0.6) is 34.5 Å². The van der Waals surface area contributed by atoms with Crippen molar-refractivity contribution in [2.75, 3.05) is 11.9 Å². The Morgan fingerprint density at radius 1 is 0.537 bits per heavy atom. The molecule has 0 spiro atoms. The first kappa shape index (κ1) is 41.0. The van der Waals surface area contributed by atoms with Crippen molar-refractivity contribution in [3.05, 3.63) is 95.0 Å². The number of benzene rings is 6. The van der Waals surface area contributed by atoms with Gasteiger partial charge in [0.25, 0.3) is 0 Å². The summed E-state index contributed by atoms with van der Waals surface area (Å²) in [6.45, 7) is 0. The number of nitrogens with zero attached hydrogens (tertiary/aromatic N) is 4. The van der Waals surface area contributed by atoms with Gasteiger partial charge in [0.2, 0.25) is 19.7 Å². The minimum absolute atomic E-state index is 0. The summed E-state index contributed by atoms with van der Waals surface area (Å²) in [5, 5.41) is 58.7. The van der Waals surface area contributed by atoms with Crippen LogP contribution in [-0.4, -0.2) is 49.1 Å². The van der Waals surface area contributed by atoms with E-state index >= 15 is 0 Å². The quantitative estimate of drug-likeness (QED) is 0.122. The van der Waals surface area contributed by atoms with E-state index in [1.54, 1.807) is 48.5 Å². The van der Waals surface area contributed by atoms with Crippen LogP contribution in [0.25, 0.3) is 21.5 Å². The van der Waals surface area contributed by atoms with Crippen molar-refractivity contribution in [2.45, 2.75) is 9.79 Å². The number of hydrogen-bond acceptors (Lipinski definition) is 14. The fraction of sp³-hybridized carbons (Fsp3) is 0.0588. The number of halogens is 2. The van der Waals surface area contributed by atoms with E-state index < -0.39 is 31.6 Å². The first-order valence-corrected chi connectivity index (χ1v) is 18.9. The average molecular weight is 857 g/mol. The van der Waals surface area contributed by atoms with Crippen LogP contribution < -0.4 is 39.0 Å². The summed E-state index contributed by atoms with van der Waals surface area (Å²) in [6, 6.07) is 21.7. The number of phenolic OH excluding ortho intramolecular Hbond substituents is 4. The molecule has 6 aromatic carbocycles. The van der Waals surface area contributed by atoms with Crippen molar-refractivity contribution < 1.29 is 93.7 Å². The molecule has 2 aliphatic heterocycles. The van der Waals surface area contributed by atoms with Crippen molar-refractivity contribution in [2.24, 2.45) is 20.5 Å². The van der Waals surface area contributed by atoms with Gasteiger partial charge in [0.15, 0.2) is 34.8 Å². The number of rotatable bonds is 4. The molecule has 0 bridgehead atoms. The molecular weight excluding hydrogens is 834 g/mol. The summed E-state index contributed by atoms with van der Waals surface area (Å²) in [5.74, 6) is -1.87. The standard InChI is InChI=1S/2C17H11ClN2O5S.Cr.Na/c2*18-9-5-6-13(21)12(7-9)19-20-14-15(22)10-3-1-2-4-11(10)16-17(14)26(23,24)8-25-16;;/h2*1-7,21-22H,8H2;;/q;;;+1. The van der Waals surface area contributed by atoms with Crippen LogP contribution in [0, 0.1) is 0 Å². The molecule has 4 N–H and O–H groups in total. The summed E-state index contributed by atoms with van der Waals surface area (Å²) in [4.78, 5) is -0.446. The van der Waals surface area contributed by atoms with E-state index in [1.807, 2.05) is 0 Å². The molecule has 6 aromatic rings. The van der Waals surface area contributed by atoms with E-state index in [2.05, 4.69) is 20.5 Å². The Labute approximate surface area is 349 Å². The molecule has 0 saturated heterocycles. The van der Waals surface area contributed by atoms with Gasteiger partial charge in [0.1, 0.15) is 44.2 Å². The van der Waals surface area contributed by atoms with Gasteiger partial charge in [0.05, 0.1) is 0 Å². The zero-order valence-corrected chi connectivity index (χ0v) is 33.9. The smallest absolute Gasteiger partial charge is 0.506 e. The van der Waals surface area contributed by atoms with E-state index in [9.17, 15) is 37.3 Å². The summed E-state index contributed by atoms with van der Waals surface area (Å²) < 4.78 is 60.3. The largest absolute Gasteiger partial charge is 1.00 e. The maximum Gasteiger partial charge on any atom is 1.00 e. The van der Waals surface area contributed by atoms with Crippen LogP contribution in [0.15, 0.2) is 115 Å². The van der Waals surface area contributed by atoms with Crippen LogP contribution in [0.3, 0.4) is 0 Å². The number of aromatic hydroxyl groups is 4. The van der Waals surface area contributed by atoms with Crippen LogP contribution in [-0.2, 0) is 37.0 Å². The number of ether oxygens (including phenoxy) is 2. The number of fused-ring (bicyclic) bond motifs is 6. The SMILES string of the molecule is O=S1(=O)COc2c1c(N=Nc1cc(Cl)ccc1O)c(O)c1ccccc21.O=S1(=O)COc2c1c(N=Nc1cc(Cl)ccc1O)c(O)c1ccccc21.[Cr].[Na+]. The van der Waals surface area contributed by atoms with E-state index in [1.165, 1.54) is 36.4 Å². The predicted molar refractivity (Wildman–Crippen MR) is 191 cm³/mol. The van der Waals surface area contributed by atoms with Gasteiger partial charge in [-0.2, -0.15) is 0 Å². The Morgan fingerprint density at radius 2 is 0.889 bits per heavy atom. The Morgan fingerprint density at radius 3 is 1.26 bits per heavy atom. The Bertz CT molecular complexity index is 2590. The molecule has 0 radical (unpaired) electrons. The van der Waals surface area contributed by atoms with Gasteiger partial charge in [-0.05, 0) is 36.4 Å². The molecule has 0 aromatic heterocycles. The molecule has 0 fully saturated rings. The molecule has 2 heterocycles. The van der Waals surface area contributed by atoms with Crippen LogP contribution in [0.2, 0.25) is 10.0 Å². The van der Waals surface area contributed by atoms with E-state index in [-0.39, 0.29) is 114 Å². The number of azo groups is 2. The van der Waals surface area contributed by atoms with Crippen LogP contribution in [0.1, 0.15) is 0 Å². The zero-order valence-electron chi connectivity index (χ0n) is 27.5. The molecule has 54 heavy (non-hydrogen) atoms. The van der Waals surface area contributed by atoms with Crippen molar-refractivity contribution in [3.8, 4) is 34.5 Å². The average Bonchev–Trinajstić information content (AvgIpc) is 3.62. The first-order chi connectivity index (χ1) is 24.8. The first-order valence-electron chi connectivity index (χ1n) is 14.8. The zero-order chi connectivity index (χ0) is 36.9. The van der Waals surface area contributed by atoms with Gasteiger partial charge in [0, 0.05) is 49.0 Å². The van der Waals surface area contributed by atoms with Gasteiger partial charge in [-0.25, -0.2) is 16.8 Å². The molecule has 20 heteroatoms. The second-order valence-corrected chi connectivity index (χ2v) is 15.8. The van der Waals surface area contributed by atoms with Crippen LogP contribution in [0.4, 0.5) is 22.7 Å². The third-order valence-corrected chi connectivity index (χ3v) is 11.2. The fourth-order valence-corrected chi connectivity index (χ4v) is 8.39. The Hall–Kier alpha value is -4.15. The molecule has 0 unspecified atom stereocenters. The van der Waals surface area contributed by atoms with Gasteiger partial charge >= 0.3 is 29.6 Å². The fourth-order valence-electron chi connectivity index (χ4n) is 5.51. The van der Waals surface area contributed by atoms with Crippen molar-refractivity contribution in [3.63, 3.8) is 0 Å². The van der Waals surface area contributed by atoms with Crippen molar-refractivity contribution >= 4 is 87.2 Å². The second-order valence-electron chi connectivity index (χ2n) is 11.2. The molecule has 270 valence electrons. The molecule has 0 aliphatic carbocycles. The summed E-state index contributed by atoms with van der Waals surface area (Å²) in [6.07, 6.45) is 0. The van der Waals surface area contributed by atoms with Crippen molar-refractivity contribution in [1.29, 1.82) is 0 Å². The third-order valence-electron chi connectivity index (χ3n) is 7.87. The van der Waals surface area contributed by atoms with Gasteiger partial charge < -0.3 is 29.9 Å². The normalized spacial score (nSPS) is 14.7. The maximum absolute atomic E-state index is 12.4. The molecule has 14 nitrogen and oxygen atoms in total. The second kappa shape index (κ2) is 15.9. The summed E-state index contributed by atoms with van der Waals surface area (Å²) >= 11 is 11.7. The molecule has 0 amide bonds.